The molecule has 0 aliphatic heterocycles. The molecule has 12 heteroatoms. The second kappa shape index (κ2) is 13.0. The number of esters is 1. The number of aromatic nitrogens is 3. The smallest absolute Gasteiger partial charge is 0.341 e. The largest absolute Gasteiger partial charge is 0.462 e. The average molecular weight is 572 g/mol. The lowest BCUT2D eigenvalue weighted by molar-refractivity contribution is -0.113. The van der Waals surface area contributed by atoms with Crippen molar-refractivity contribution >= 4 is 51.7 Å². The van der Waals surface area contributed by atoms with E-state index in [1.807, 2.05) is 39.0 Å². The minimum Gasteiger partial charge on any atom is -0.462 e. The molecule has 3 aromatic rings. The number of hydrogen-bond donors (Lipinski definition) is 2. The number of rotatable bonds is 11. The quantitative estimate of drug-likeness (QED) is 0.192. The van der Waals surface area contributed by atoms with Gasteiger partial charge < -0.3 is 19.9 Å². The molecule has 208 valence electrons. The van der Waals surface area contributed by atoms with E-state index in [1.165, 1.54) is 18.7 Å². The fourth-order valence-corrected chi connectivity index (χ4v) is 5.77. The van der Waals surface area contributed by atoms with E-state index < -0.39 is 12.0 Å². The highest BCUT2D eigenvalue weighted by Gasteiger charge is 2.27. The Morgan fingerprint density at radius 3 is 2.49 bits per heavy atom. The highest BCUT2D eigenvalue weighted by Crippen LogP contribution is 2.34. The van der Waals surface area contributed by atoms with Gasteiger partial charge >= 0.3 is 5.97 Å². The first kappa shape index (κ1) is 30.0. The lowest BCUT2D eigenvalue weighted by atomic mass is 10.0. The van der Waals surface area contributed by atoms with Crippen LogP contribution in [0.1, 0.15) is 81.1 Å². The van der Waals surface area contributed by atoms with Crippen molar-refractivity contribution in [3.8, 4) is 0 Å². The Morgan fingerprint density at radius 2 is 1.87 bits per heavy atom. The zero-order valence-corrected chi connectivity index (χ0v) is 24.7. The molecular formula is C27H33N5O5S2. The number of ether oxygens (including phenoxy) is 1. The third-order valence-corrected chi connectivity index (χ3v) is 8.24. The average Bonchev–Trinajstić information content (AvgIpc) is 3.39. The number of hydrogen-bond acceptors (Lipinski definition) is 9. The number of nitrogens with one attached hydrogen (secondary N) is 2. The van der Waals surface area contributed by atoms with Crippen molar-refractivity contribution in [1.82, 2.24) is 20.1 Å². The van der Waals surface area contributed by atoms with E-state index in [-0.39, 0.29) is 46.4 Å². The summed E-state index contributed by atoms with van der Waals surface area (Å²) in [6.07, 6.45) is 0. The molecule has 1 atom stereocenters. The lowest BCUT2D eigenvalue weighted by Crippen LogP contribution is -2.33. The van der Waals surface area contributed by atoms with Gasteiger partial charge in [-0.2, -0.15) is 0 Å². The van der Waals surface area contributed by atoms with Crippen LogP contribution < -0.4 is 10.6 Å². The maximum Gasteiger partial charge on any atom is 0.341 e. The zero-order valence-electron chi connectivity index (χ0n) is 23.1. The lowest BCUT2D eigenvalue weighted by Gasteiger charge is -2.21. The fourth-order valence-electron chi connectivity index (χ4n) is 3.94. The molecule has 0 fully saturated rings. The Kier molecular flexibility index (Phi) is 10.0. The van der Waals surface area contributed by atoms with Crippen LogP contribution in [-0.4, -0.2) is 50.7 Å². The van der Waals surface area contributed by atoms with E-state index in [0.717, 1.165) is 16.9 Å². The maximum absolute atomic E-state index is 12.9. The van der Waals surface area contributed by atoms with Crippen LogP contribution in [-0.2, 0) is 16.6 Å². The number of nitrogens with zero attached hydrogens (tertiary/aromatic N) is 3. The first-order chi connectivity index (χ1) is 18.4. The fraction of sp³-hybridized carbons (Fsp3) is 0.407. The van der Waals surface area contributed by atoms with Crippen LogP contribution in [0.15, 0.2) is 29.4 Å². The van der Waals surface area contributed by atoms with Gasteiger partial charge in [0.05, 0.1) is 28.8 Å². The van der Waals surface area contributed by atoms with E-state index in [1.54, 1.807) is 31.5 Å². The molecule has 10 nitrogen and oxygen atoms in total. The maximum atomic E-state index is 12.9. The van der Waals surface area contributed by atoms with Crippen molar-refractivity contribution in [2.45, 2.75) is 52.7 Å². The van der Waals surface area contributed by atoms with Crippen molar-refractivity contribution in [2.24, 2.45) is 13.0 Å². The number of thioether (sulfide) groups is 1. The summed E-state index contributed by atoms with van der Waals surface area (Å²) in [5, 5.41) is 15.1. The summed E-state index contributed by atoms with van der Waals surface area (Å²) in [4.78, 5) is 50.6. The molecule has 0 spiro atoms. The van der Waals surface area contributed by atoms with Gasteiger partial charge in [0.15, 0.2) is 16.8 Å². The van der Waals surface area contributed by atoms with Crippen LogP contribution in [0.2, 0.25) is 0 Å². The van der Waals surface area contributed by atoms with Crippen molar-refractivity contribution in [3.63, 3.8) is 0 Å². The molecule has 0 unspecified atom stereocenters. The number of carbonyl (C=O) groups is 4. The van der Waals surface area contributed by atoms with Gasteiger partial charge in [0.1, 0.15) is 5.00 Å². The Labute approximate surface area is 235 Å². The summed E-state index contributed by atoms with van der Waals surface area (Å²) in [5.41, 5.74) is 2.23. The summed E-state index contributed by atoms with van der Waals surface area (Å²) in [6, 6.07) is 6.96. The molecule has 0 radical (unpaired) electrons. The second-order valence-electron chi connectivity index (χ2n) is 9.34. The van der Waals surface area contributed by atoms with E-state index in [4.69, 9.17) is 4.74 Å². The van der Waals surface area contributed by atoms with Crippen LogP contribution in [0.25, 0.3) is 0 Å². The predicted octanol–water partition coefficient (Wildman–Crippen LogP) is 4.73. The second-order valence-corrected chi connectivity index (χ2v) is 11.3. The summed E-state index contributed by atoms with van der Waals surface area (Å²) in [6.45, 7) is 10.8. The van der Waals surface area contributed by atoms with Gasteiger partial charge in [0, 0.05) is 12.6 Å². The number of aryl methyl sites for hydroxylation is 1. The summed E-state index contributed by atoms with van der Waals surface area (Å²) >= 11 is 2.22. The van der Waals surface area contributed by atoms with Crippen LogP contribution in [0.5, 0.6) is 0 Å². The Hall–Kier alpha value is -3.51. The van der Waals surface area contributed by atoms with Gasteiger partial charge in [-0.1, -0.05) is 43.3 Å². The molecule has 2 heterocycles. The van der Waals surface area contributed by atoms with Gasteiger partial charge in [-0.3, -0.25) is 14.4 Å². The number of Topliss-reactive ketones (excluding diaryl/α,β-unsaturated/α-hetero) is 1. The molecule has 2 aromatic heterocycles. The molecule has 0 aliphatic rings. The summed E-state index contributed by atoms with van der Waals surface area (Å²) in [5.74, 6) is -0.782. The highest BCUT2D eigenvalue weighted by molar-refractivity contribution is 7.99. The molecule has 0 saturated heterocycles. The van der Waals surface area contributed by atoms with Crippen LogP contribution in [0.3, 0.4) is 0 Å². The van der Waals surface area contributed by atoms with Gasteiger partial charge in [-0.05, 0) is 51.3 Å². The monoisotopic (exact) mass is 571 g/mol. The van der Waals surface area contributed by atoms with Gasteiger partial charge in [0.2, 0.25) is 5.91 Å². The molecule has 1 aromatic carbocycles. The van der Waals surface area contributed by atoms with Crippen molar-refractivity contribution < 1.29 is 23.9 Å². The van der Waals surface area contributed by atoms with Crippen LogP contribution in [0.4, 0.5) is 5.00 Å². The number of anilines is 1. The first-order valence-corrected chi connectivity index (χ1v) is 14.3. The molecule has 0 aliphatic carbocycles. The number of thiophene rings is 1. The number of ketones is 1. The van der Waals surface area contributed by atoms with E-state index in [2.05, 4.69) is 20.8 Å². The Balaban J connectivity index is 1.73. The molecular weight excluding hydrogens is 538 g/mol. The van der Waals surface area contributed by atoms with E-state index in [0.29, 0.717) is 27.0 Å². The molecule has 2 amide bonds. The minimum absolute atomic E-state index is 0.0113. The Bertz CT molecular complexity index is 1400. The third kappa shape index (κ3) is 7.12. The third-order valence-electron chi connectivity index (χ3n) is 5.91. The predicted molar refractivity (Wildman–Crippen MR) is 152 cm³/mol. The molecule has 2 N–H and O–H groups in total. The van der Waals surface area contributed by atoms with E-state index >= 15 is 0 Å². The molecule has 0 saturated carbocycles. The van der Waals surface area contributed by atoms with E-state index in [9.17, 15) is 19.2 Å². The topological polar surface area (TPSA) is 132 Å². The molecule has 3 rings (SSSR count). The van der Waals surface area contributed by atoms with Crippen LogP contribution in [0, 0.1) is 19.8 Å². The molecule has 0 bridgehead atoms. The Morgan fingerprint density at radius 1 is 1.15 bits per heavy atom. The minimum atomic E-state index is -0.591. The SMILES string of the molecule is CCOC(=O)c1c(NC(=O)CSc2nnc([C@H](NC(=O)c3cccc(C)c3)C(C)C)n2C)sc(C(C)=O)c1C. The van der Waals surface area contributed by atoms with Gasteiger partial charge in [0.25, 0.3) is 5.91 Å². The number of carbonyl (C=O) groups excluding carboxylic acids is 4. The zero-order chi connectivity index (χ0) is 28.9. The van der Waals surface area contributed by atoms with Crippen molar-refractivity contribution in [1.29, 1.82) is 0 Å². The highest BCUT2D eigenvalue weighted by atomic mass is 32.2. The standard InChI is InChI=1S/C27H33N5O5S2/c1-8-37-26(36)20-16(5)22(17(6)33)39-25(20)28-19(34)13-38-27-31-30-23(32(27)7)21(14(2)3)29-24(35)18-11-9-10-15(4)12-18/h9-12,14,21H,8,13H2,1-7H3,(H,28,34)(H,29,35)/t21-/m1/s1. The van der Waals surface area contributed by atoms with Gasteiger partial charge in [-0.25, -0.2) is 4.79 Å². The van der Waals surface area contributed by atoms with Crippen molar-refractivity contribution in [2.75, 3.05) is 17.7 Å². The first-order valence-electron chi connectivity index (χ1n) is 12.4. The summed E-state index contributed by atoms with van der Waals surface area (Å²) < 4.78 is 6.88. The number of amides is 2. The number of benzene rings is 1. The molecule has 39 heavy (non-hydrogen) atoms. The summed E-state index contributed by atoms with van der Waals surface area (Å²) in [7, 11) is 1.78. The van der Waals surface area contributed by atoms with Gasteiger partial charge in [-0.15, -0.1) is 21.5 Å². The van der Waals surface area contributed by atoms with Crippen molar-refractivity contribution in [3.05, 3.63) is 57.2 Å². The normalized spacial score (nSPS) is 11.8. The van der Waals surface area contributed by atoms with Crippen LogP contribution >= 0.6 is 23.1 Å².